The lowest BCUT2D eigenvalue weighted by atomic mass is 10.1. The second-order valence-electron chi connectivity index (χ2n) is 2.78. The van der Waals surface area contributed by atoms with Gasteiger partial charge in [-0.1, -0.05) is 13.8 Å². The fraction of sp³-hybridized carbons (Fsp3) is 1.00. The quantitative estimate of drug-likeness (QED) is 0.584. The second kappa shape index (κ2) is 4.77. The highest BCUT2D eigenvalue weighted by Crippen LogP contribution is 1.97. The summed E-state index contributed by atoms with van der Waals surface area (Å²) in [6.07, 6.45) is 0. The average Bonchev–Trinajstić information content (AvgIpc) is 1.82. The van der Waals surface area contributed by atoms with E-state index in [4.69, 9.17) is 5.73 Å². The third-order valence-corrected chi connectivity index (χ3v) is 1.61. The molecule has 3 N–H and O–H groups in total. The van der Waals surface area contributed by atoms with Gasteiger partial charge < -0.3 is 11.1 Å². The maximum Gasteiger partial charge on any atom is 0.00770 e. The highest BCUT2D eigenvalue weighted by Gasteiger charge is 2.03. The van der Waals surface area contributed by atoms with Crippen LogP contribution in [0.3, 0.4) is 0 Å². The van der Waals surface area contributed by atoms with Gasteiger partial charge in [-0.15, -0.1) is 0 Å². The molecule has 2 heteroatoms. The molecule has 0 spiro atoms. The first kappa shape index (κ1) is 8.92. The highest BCUT2D eigenvalue weighted by atomic mass is 14.9. The van der Waals surface area contributed by atoms with Gasteiger partial charge >= 0.3 is 0 Å². The summed E-state index contributed by atoms with van der Waals surface area (Å²) < 4.78 is 0. The molecule has 0 aromatic rings. The maximum atomic E-state index is 5.31. The molecular weight excluding hydrogens is 112 g/mol. The molecule has 0 saturated carbocycles. The van der Waals surface area contributed by atoms with E-state index >= 15 is 0 Å². The standard InChI is InChI=1S/C7H18N2/c1-6(2)7(3)9-5-4-8/h6-7,9H,4-5,8H2,1-3H3/t7-/m1/s1. The summed E-state index contributed by atoms with van der Waals surface area (Å²) in [5.41, 5.74) is 5.31. The molecule has 1 atom stereocenters. The Labute approximate surface area is 57.8 Å². The molecule has 0 aromatic carbocycles. The molecule has 0 unspecified atom stereocenters. The van der Waals surface area contributed by atoms with Crippen molar-refractivity contribution < 1.29 is 0 Å². The van der Waals surface area contributed by atoms with E-state index in [0.29, 0.717) is 12.0 Å². The first-order valence-electron chi connectivity index (χ1n) is 3.62. The monoisotopic (exact) mass is 130 g/mol. The predicted octanol–water partition coefficient (Wildman–Crippen LogP) is 0.579. The summed E-state index contributed by atoms with van der Waals surface area (Å²) in [6.45, 7) is 8.25. The van der Waals surface area contributed by atoms with E-state index < -0.39 is 0 Å². The van der Waals surface area contributed by atoms with Crippen molar-refractivity contribution in [2.75, 3.05) is 13.1 Å². The summed E-state index contributed by atoms with van der Waals surface area (Å²) in [4.78, 5) is 0. The van der Waals surface area contributed by atoms with Crippen molar-refractivity contribution in [2.45, 2.75) is 26.8 Å². The molecule has 2 nitrogen and oxygen atoms in total. The maximum absolute atomic E-state index is 5.31. The molecule has 0 fully saturated rings. The third kappa shape index (κ3) is 4.43. The van der Waals surface area contributed by atoms with Crippen LogP contribution >= 0.6 is 0 Å². The number of nitrogens with one attached hydrogen (secondary N) is 1. The van der Waals surface area contributed by atoms with E-state index in [-0.39, 0.29) is 0 Å². The van der Waals surface area contributed by atoms with E-state index in [1.807, 2.05) is 0 Å². The molecule has 0 aromatic heterocycles. The van der Waals surface area contributed by atoms with Crippen LogP contribution in [0, 0.1) is 5.92 Å². The van der Waals surface area contributed by atoms with Crippen LogP contribution in [0.1, 0.15) is 20.8 Å². The zero-order valence-electron chi connectivity index (χ0n) is 6.65. The lowest BCUT2D eigenvalue weighted by Crippen LogP contribution is -2.34. The Hall–Kier alpha value is -0.0800. The van der Waals surface area contributed by atoms with E-state index in [0.717, 1.165) is 13.1 Å². The number of hydrogen-bond acceptors (Lipinski definition) is 2. The lowest BCUT2D eigenvalue weighted by molar-refractivity contribution is 0.432. The van der Waals surface area contributed by atoms with Crippen molar-refractivity contribution in [1.29, 1.82) is 0 Å². The minimum absolute atomic E-state index is 0.591. The Morgan fingerprint density at radius 1 is 1.33 bits per heavy atom. The van der Waals surface area contributed by atoms with E-state index in [2.05, 4.69) is 26.1 Å². The number of hydrogen-bond donors (Lipinski definition) is 2. The van der Waals surface area contributed by atoms with Gasteiger partial charge in [-0.2, -0.15) is 0 Å². The smallest absolute Gasteiger partial charge is 0.00770 e. The number of nitrogens with two attached hydrogens (primary N) is 1. The average molecular weight is 130 g/mol. The third-order valence-electron chi connectivity index (χ3n) is 1.61. The fourth-order valence-corrected chi connectivity index (χ4v) is 0.547. The molecule has 0 aliphatic heterocycles. The molecular formula is C7H18N2. The summed E-state index contributed by atoms with van der Waals surface area (Å²) in [5.74, 6) is 0.705. The van der Waals surface area contributed by atoms with Crippen molar-refractivity contribution in [3.05, 3.63) is 0 Å². The van der Waals surface area contributed by atoms with Crippen LogP contribution in [0.25, 0.3) is 0 Å². The second-order valence-corrected chi connectivity index (χ2v) is 2.78. The van der Waals surface area contributed by atoms with Gasteiger partial charge in [-0.25, -0.2) is 0 Å². The highest BCUT2D eigenvalue weighted by molar-refractivity contribution is 4.63. The van der Waals surface area contributed by atoms with E-state index in [1.165, 1.54) is 0 Å². The molecule has 0 aliphatic carbocycles. The Morgan fingerprint density at radius 3 is 2.22 bits per heavy atom. The summed E-state index contributed by atoms with van der Waals surface area (Å²) in [7, 11) is 0. The minimum atomic E-state index is 0.591. The van der Waals surface area contributed by atoms with Gasteiger partial charge in [-0.3, -0.25) is 0 Å². The van der Waals surface area contributed by atoms with Crippen LogP contribution in [0.15, 0.2) is 0 Å². The summed E-state index contributed by atoms with van der Waals surface area (Å²) in [6, 6.07) is 0.591. The van der Waals surface area contributed by atoms with Gasteiger partial charge in [0.25, 0.3) is 0 Å². The minimum Gasteiger partial charge on any atom is -0.329 e. The molecule has 0 heterocycles. The molecule has 0 aliphatic rings. The largest absolute Gasteiger partial charge is 0.329 e. The van der Waals surface area contributed by atoms with Crippen LogP contribution in [0.5, 0.6) is 0 Å². The topological polar surface area (TPSA) is 38.0 Å². The molecule has 0 rings (SSSR count). The van der Waals surface area contributed by atoms with E-state index in [1.54, 1.807) is 0 Å². The Balaban J connectivity index is 3.16. The Kier molecular flexibility index (Phi) is 4.72. The van der Waals surface area contributed by atoms with Gasteiger partial charge in [0.15, 0.2) is 0 Å². The van der Waals surface area contributed by atoms with Crippen LogP contribution < -0.4 is 11.1 Å². The van der Waals surface area contributed by atoms with Gasteiger partial charge in [-0.05, 0) is 12.8 Å². The van der Waals surface area contributed by atoms with Crippen molar-refractivity contribution >= 4 is 0 Å². The summed E-state index contributed by atoms with van der Waals surface area (Å²) in [5, 5.41) is 3.31. The molecule has 0 bridgehead atoms. The first-order chi connectivity index (χ1) is 4.18. The first-order valence-corrected chi connectivity index (χ1v) is 3.62. The van der Waals surface area contributed by atoms with Crippen molar-refractivity contribution in [1.82, 2.24) is 5.32 Å². The zero-order chi connectivity index (χ0) is 7.28. The van der Waals surface area contributed by atoms with Crippen molar-refractivity contribution in [3.8, 4) is 0 Å². The van der Waals surface area contributed by atoms with Crippen LogP contribution in [-0.2, 0) is 0 Å². The van der Waals surface area contributed by atoms with Gasteiger partial charge in [0.05, 0.1) is 0 Å². The van der Waals surface area contributed by atoms with Crippen LogP contribution in [-0.4, -0.2) is 19.1 Å². The number of rotatable bonds is 4. The predicted molar refractivity (Wildman–Crippen MR) is 41.4 cm³/mol. The van der Waals surface area contributed by atoms with Crippen LogP contribution in [0.2, 0.25) is 0 Å². The van der Waals surface area contributed by atoms with Crippen molar-refractivity contribution in [2.24, 2.45) is 11.7 Å². The van der Waals surface area contributed by atoms with Crippen LogP contribution in [0.4, 0.5) is 0 Å². The molecule has 0 amide bonds. The lowest BCUT2D eigenvalue weighted by Gasteiger charge is -2.16. The molecule has 9 heavy (non-hydrogen) atoms. The van der Waals surface area contributed by atoms with Gasteiger partial charge in [0.1, 0.15) is 0 Å². The van der Waals surface area contributed by atoms with Gasteiger partial charge in [0, 0.05) is 19.1 Å². The molecule has 56 valence electrons. The SMILES string of the molecule is CC(C)[C@@H](C)NCCN. The molecule has 0 radical (unpaired) electrons. The normalized spacial score (nSPS) is 14.3. The zero-order valence-corrected chi connectivity index (χ0v) is 6.65. The summed E-state index contributed by atoms with van der Waals surface area (Å²) >= 11 is 0. The molecule has 0 saturated heterocycles. The Morgan fingerprint density at radius 2 is 1.89 bits per heavy atom. The van der Waals surface area contributed by atoms with Crippen molar-refractivity contribution in [3.63, 3.8) is 0 Å². The fourth-order valence-electron chi connectivity index (χ4n) is 0.547. The van der Waals surface area contributed by atoms with E-state index in [9.17, 15) is 0 Å². The van der Waals surface area contributed by atoms with Gasteiger partial charge in [0.2, 0.25) is 0 Å². The Bertz CT molecular complexity index is 61.9.